The van der Waals surface area contributed by atoms with Gasteiger partial charge in [0.05, 0.1) is 5.69 Å². The highest BCUT2D eigenvalue weighted by Crippen LogP contribution is 2.34. The fourth-order valence-corrected chi connectivity index (χ4v) is 5.27. The van der Waals surface area contributed by atoms with Gasteiger partial charge in [-0.2, -0.15) is 0 Å². The Morgan fingerprint density at radius 1 is 0.889 bits per heavy atom. The highest BCUT2D eigenvalue weighted by atomic mass is 35.5. The zero-order valence-electron chi connectivity index (χ0n) is 21.2. The lowest BCUT2D eigenvalue weighted by Gasteiger charge is -2.32. The van der Waals surface area contributed by atoms with Gasteiger partial charge >= 0.3 is 0 Å². The largest absolute Gasteiger partial charge is 0.356 e. The van der Waals surface area contributed by atoms with E-state index in [0.29, 0.717) is 0 Å². The number of fused-ring (bicyclic) bond motifs is 1. The molecule has 0 aliphatic carbocycles. The zero-order valence-corrected chi connectivity index (χ0v) is 22.9. The van der Waals surface area contributed by atoms with Crippen LogP contribution in [-0.2, 0) is 19.5 Å². The van der Waals surface area contributed by atoms with Crippen LogP contribution in [0.5, 0.6) is 0 Å². The van der Waals surface area contributed by atoms with Crippen LogP contribution in [-0.4, -0.2) is 42.1 Å². The van der Waals surface area contributed by atoms with E-state index in [-0.39, 0.29) is 24.8 Å². The van der Waals surface area contributed by atoms with Crippen molar-refractivity contribution < 1.29 is 4.52 Å². The van der Waals surface area contributed by atoms with Gasteiger partial charge in [0.1, 0.15) is 0 Å². The van der Waals surface area contributed by atoms with Gasteiger partial charge in [-0.15, -0.1) is 24.8 Å². The molecule has 0 amide bonds. The van der Waals surface area contributed by atoms with Gasteiger partial charge in [0.2, 0.25) is 0 Å². The van der Waals surface area contributed by atoms with Crippen molar-refractivity contribution in [3.05, 3.63) is 89.6 Å². The summed E-state index contributed by atoms with van der Waals surface area (Å²) in [6.45, 7) is 4.27. The van der Waals surface area contributed by atoms with Crippen LogP contribution in [0.4, 0.5) is 0 Å². The van der Waals surface area contributed by atoms with E-state index in [1.807, 2.05) is 0 Å². The van der Waals surface area contributed by atoms with Crippen molar-refractivity contribution in [2.75, 3.05) is 27.2 Å². The molecule has 0 radical (unpaired) electrons. The summed E-state index contributed by atoms with van der Waals surface area (Å²) in [6.07, 6.45) is 4.71. The first-order valence-electron chi connectivity index (χ1n) is 12.5. The fourth-order valence-electron chi connectivity index (χ4n) is 5.27. The zero-order chi connectivity index (χ0) is 23.3. The number of rotatable bonds is 8. The first kappa shape index (κ1) is 28.2. The molecule has 6 heteroatoms. The number of halogens is 2. The normalized spacial score (nSPS) is 14.5. The monoisotopic (exact) mass is 525 g/mol. The number of likely N-dealkylation sites (tertiary alicyclic amines) is 1. The predicted octanol–water partition coefficient (Wildman–Crippen LogP) is 7.24. The van der Waals surface area contributed by atoms with Crippen LogP contribution in [0, 0.1) is 5.92 Å². The molecule has 0 bridgehead atoms. The van der Waals surface area contributed by atoms with Gasteiger partial charge in [-0.3, -0.25) is 4.90 Å². The molecular formula is C30H37Cl2N3O. The molecule has 1 aromatic heterocycles. The minimum Gasteiger partial charge on any atom is -0.356 e. The third-order valence-electron chi connectivity index (χ3n) is 7.12. The molecule has 1 aliphatic heterocycles. The Bertz CT molecular complexity index is 1200. The molecule has 1 aliphatic rings. The van der Waals surface area contributed by atoms with Crippen molar-refractivity contribution >= 4 is 35.8 Å². The lowest BCUT2D eigenvalue weighted by atomic mass is 9.90. The molecule has 0 spiro atoms. The minimum absolute atomic E-state index is 0. The fraction of sp³-hybridized carbons (Fsp3) is 0.367. The lowest BCUT2D eigenvalue weighted by molar-refractivity contribution is 0.172. The van der Waals surface area contributed by atoms with Crippen molar-refractivity contribution in [2.45, 2.75) is 38.8 Å². The van der Waals surface area contributed by atoms with E-state index in [2.05, 4.69) is 102 Å². The van der Waals surface area contributed by atoms with Gasteiger partial charge in [-0.1, -0.05) is 71.9 Å². The van der Waals surface area contributed by atoms with Gasteiger partial charge in [0, 0.05) is 24.0 Å². The third-order valence-corrected chi connectivity index (χ3v) is 7.12. The molecular weight excluding hydrogens is 489 g/mol. The topological polar surface area (TPSA) is 32.5 Å². The van der Waals surface area contributed by atoms with Gasteiger partial charge in [0.15, 0.2) is 5.58 Å². The molecule has 5 rings (SSSR count). The van der Waals surface area contributed by atoms with Crippen LogP contribution in [0.3, 0.4) is 0 Å². The van der Waals surface area contributed by atoms with Crippen molar-refractivity contribution in [1.82, 2.24) is 15.0 Å². The molecule has 0 N–H and O–H groups in total. The number of aryl methyl sites for hydroxylation is 1. The van der Waals surface area contributed by atoms with Crippen molar-refractivity contribution in [3.63, 3.8) is 0 Å². The first-order chi connectivity index (χ1) is 16.7. The molecule has 2 heterocycles. The molecule has 0 saturated carbocycles. The van der Waals surface area contributed by atoms with Crippen LogP contribution in [0.2, 0.25) is 0 Å². The number of nitrogens with zero attached hydrogens (tertiary/aromatic N) is 3. The Morgan fingerprint density at radius 3 is 2.22 bits per heavy atom. The summed E-state index contributed by atoms with van der Waals surface area (Å²) < 4.78 is 5.98. The smallest absolute Gasteiger partial charge is 0.172 e. The second kappa shape index (κ2) is 13.3. The van der Waals surface area contributed by atoms with Crippen molar-refractivity contribution in [1.29, 1.82) is 0 Å². The van der Waals surface area contributed by atoms with Crippen LogP contribution in [0.25, 0.3) is 22.1 Å². The van der Waals surface area contributed by atoms with E-state index in [1.165, 1.54) is 60.0 Å². The Hall–Kier alpha value is -2.37. The summed E-state index contributed by atoms with van der Waals surface area (Å²) in [6, 6.07) is 25.9. The standard InChI is InChI=1S/C30H35N3O.2ClH/c1-32(2)22-28-26(25-11-7-4-8-12-25)14-15-27-29(31-34-30(27)28)16-13-23-17-19-33(20-18-23)21-24-9-5-3-6-10-24;;/h3-12,14-15,23H,13,16-22H2,1-2H3;2*1H. The van der Waals surface area contributed by atoms with Gasteiger partial charge < -0.3 is 9.42 Å². The van der Waals surface area contributed by atoms with Crippen LogP contribution in [0.15, 0.2) is 77.3 Å². The average Bonchev–Trinajstić information content (AvgIpc) is 3.28. The van der Waals surface area contributed by atoms with E-state index < -0.39 is 0 Å². The number of hydrogen-bond donors (Lipinski definition) is 0. The second-order valence-corrected chi connectivity index (χ2v) is 9.95. The maximum absolute atomic E-state index is 5.98. The number of aromatic nitrogens is 1. The first-order valence-corrected chi connectivity index (χ1v) is 12.5. The number of hydrogen-bond acceptors (Lipinski definition) is 4. The van der Waals surface area contributed by atoms with Gasteiger partial charge in [-0.25, -0.2) is 0 Å². The molecule has 36 heavy (non-hydrogen) atoms. The summed E-state index contributed by atoms with van der Waals surface area (Å²) in [4.78, 5) is 4.79. The molecule has 3 aromatic carbocycles. The Balaban J connectivity index is 0.00000180. The molecule has 192 valence electrons. The highest BCUT2D eigenvalue weighted by Gasteiger charge is 2.21. The summed E-state index contributed by atoms with van der Waals surface area (Å²) in [5.41, 5.74) is 7.15. The van der Waals surface area contributed by atoms with E-state index >= 15 is 0 Å². The molecule has 4 nitrogen and oxygen atoms in total. The molecule has 0 unspecified atom stereocenters. The van der Waals surface area contributed by atoms with Gasteiger partial charge in [0.25, 0.3) is 0 Å². The maximum atomic E-state index is 5.98. The number of piperidine rings is 1. The summed E-state index contributed by atoms with van der Waals surface area (Å²) >= 11 is 0. The quantitative estimate of drug-likeness (QED) is 0.242. The third kappa shape index (κ3) is 6.68. The summed E-state index contributed by atoms with van der Waals surface area (Å²) in [5, 5.41) is 5.73. The average molecular weight is 527 g/mol. The highest BCUT2D eigenvalue weighted by molar-refractivity contribution is 5.89. The van der Waals surface area contributed by atoms with Gasteiger partial charge in [-0.05, 0) is 81.5 Å². The minimum atomic E-state index is 0. The van der Waals surface area contributed by atoms with Crippen molar-refractivity contribution in [2.24, 2.45) is 5.92 Å². The van der Waals surface area contributed by atoms with Crippen LogP contribution >= 0.6 is 24.8 Å². The lowest BCUT2D eigenvalue weighted by Crippen LogP contribution is -2.33. The molecule has 0 atom stereocenters. The van der Waals surface area contributed by atoms with E-state index in [4.69, 9.17) is 4.52 Å². The Morgan fingerprint density at radius 2 is 1.56 bits per heavy atom. The molecule has 1 saturated heterocycles. The molecule has 1 fully saturated rings. The predicted molar refractivity (Wildman–Crippen MR) is 154 cm³/mol. The van der Waals surface area contributed by atoms with E-state index in [1.54, 1.807) is 0 Å². The Kier molecular flexibility index (Phi) is 10.4. The molecule has 4 aromatic rings. The van der Waals surface area contributed by atoms with E-state index in [0.717, 1.165) is 36.7 Å². The summed E-state index contributed by atoms with van der Waals surface area (Å²) in [5.74, 6) is 0.767. The van der Waals surface area contributed by atoms with Crippen LogP contribution in [0.1, 0.15) is 36.1 Å². The summed E-state index contributed by atoms with van der Waals surface area (Å²) in [7, 11) is 4.21. The van der Waals surface area contributed by atoms with Crippen LogP contribution < -0.4 is 0 Å². The van der Waals surface area contributed by atoms with Crippen molar-refractivity contribution in [3.8, 4) is 11.1 Å². The maximum Gasteiger partial charge on any atom is 0.172 e. The Labute approximate surface area is 227 Å². The van der Waals surface area contributed by atoms with E-state index in [9.17, 15) is 0 Å². The number of benzene rings is 3. The second-order valence-electron chi connectivity index (χ2n) is 9.95. The SMILES string of the molecule is CN(C)Cc1c(-c2ccccc2)ccc2c(CCC3CCN(Cc4ccccc4)CC3)noc12.Cl.Cl.